The molecule has 12 rings (SSSR count). The summed E-state index contributed by atoms with van der Waals surface area (Å²) in [7, 11) is 0. The van der Waals surface area contributed by atoms with Crippen LogP contribution in [0.25, 0.3) is 106 Å². The first kappa shape index (κ1) is 28.5. The van der Waals surface area contributed by atoms with E-state index in [1.54, 1.807) is 0 Å². The minimum atomic E-state index is 1.20. The Hall–Kier alpha value is -6.20. The van der Waals surface area contributed by atoms with Crippen molar-refractivity contribution in [1.82, 2.24) is 9.13 Å². The molecule has 0 saturated heterocycles. The van der Waals surface area contributed by atoms with E-state index in [1.807, 2.05) is 22.7 Å². The third kappa shape index (κ3) is 3.93. The number of fused-ring (bicyclic) bond motifs is 12. The number of nitrogens with zero attached hydrogens (tertiary/aromatic N) is 2. The minimum Gasteiger partial charge on any atom is -0.309 e. The van der Waals surface area contributed by atoms with Gasteiger partial charge in [-0.05, 0) is 77.9 Å². The summed E-state index contributed by atoms with van der Waals surface area (Å²) in [5, 5.41) is 10.4. The Kier molecular flexibility index (Phi) is 5.84. The molecule has 242 valence electrons. The van der Waals surface area contributed by atoms with Gasteiger partial charge >= 0.3 is 0 Å². The average Bonchev–Trinajstić information content (AvgIpc) is 3.95. The Labute approximate surface area is 306 Å². The quantitative estimate of drug-likeness (QED) is 0.174. The van der Waals surface area contributed by atoms with E-state index in [4.69, 9.17) is 0 Å². The Morgan fingerprint density at radius 2 is 0.827 bits per heavy atom. The van der Waals surface area contributed by atoms with E-state index in [2.05, 4.69) is 179 Å². The molecule has 0 N–H and O–H groups in total. The molecule has 2 nitrogen and oxygen atoms in total. The summed E-state index contributed by atoms with van der Waals surface area (Å²) in [5.41, 5.74) is 9.78. The van der Waals surface area contributed by atoms with Crippen LogP contribution >= 0.6 is 22.7 Å². The number of hydrogen-bond donors (Lipinski definition) is 0. The molecular weight excluding hydrogens is 669 g/mol. The second kappa shape index (κ2) is 10.7. The summed E-state index contributed by atoms with van der Waals surface area (Å²) in [6.07, 6.45) is 0. The molecule has 8 aromatic carbocycles. The lowest BCUT2D eigenvalue weighted by Gasteiger charge is -2.10. The maximum atomic E-state index is 2.47. The zero-order valence-corrected chi connectivity index (χ0v) is 29.5. The number of thiophene rings is 2. The van der Waals surface area contributed by atoms with Crippen molar-refractivity contribution in [2.45, 2.75) is 0 Å². The Bertz CT molecular complexity index is 3420. The van der Waals surface area contributed by atoms with Crippen molar-refractivity contribution in [3.8, 4) is 22.5 Å². The molecule has 0 aliphatic rings. The van der Waals surface area contributed by atoms with Crippen molar-refractivity contribution >= 4 is 107 Å². The average molecular weight is 697 g/mol. The Morgan fingerprint density at radius 3 is 1.54 bits per heavy atom. The third-order valence-corrected chi connectivity index (χ3v) is 13.3. The van der Waals surface area contributed by atoms with Crippen LogP contribution in [0.15, 0.2) is 170 Å². The zero-order chi connectivity index (χ0) is 33.9. The molecule has 0 radical (unpaired) electrons. The predicted molar refractivity (Wildman–Crippen MR) is 226 cm³/mol. The highest BCUT2D eigenvalue weighted by Crippen LogP contribution is 2.43. The maximum absolute atomic E-state index is 2.47. The van der Waals surface area contributed by atoms with Gasteiger partial charge in [-0.15, -0.1) is 22.7 Å². The lowest BCUT2D eigenvalue weighted by molar-refractivity contribution is 1.19. The second-order valence-corrected chi connectivity index (χ2v) is 15.8. The van der Waals surface area contributed by atoms with Crippen molar-refractivity contribution in [1.29, 1.82) is 0 Å². The monoisotopic (exact) mass is 696 g/mol. The van der Waals surface area contributed by atoms with Gasteiger partial charge in [0.05, 0.1) is 32.5 Å². The molecule has 0 aliphatic carbocycles. The smallest absolute Gasteiger partial charge is 0.0640 e. The summed E-state index contributed by atoms with van der Waals surface area (Å²) in [4.78, 5) is 0. The van der Waals surface area contributed by atoms with Gasteiger partial charge in [-0.3, -0.25) is 0 Å². The summed E-state index contributed by atoms with van der Waals surface area (Å²) in [6.45, 7) is 0. The summed E-state index contributed by atoms with van der Waals surface area (Å²) in [5.74, 6) is 0. The number of hydrogen-bond acceptors (Lipinski definition) is 2. The number of rotatable bonds is 3. The molecular formula is C48H28N2S2. The largest absolute Gasteiger partial charge is 0.309 e. The third-order valence-electron chi connectivity index (χ3n) is 10.9. The molecule has 12 aromatic rings. The van der Waals surface area contributed by atoms with Gasteiger partial charge in [-0.1, -0.05) is 103 Å². The second-order valence-electron chi connectivity index (χ2n) is 13.7. The molecule has 4 heterocycles. The van der Waals surface area contributed by atoms with Crippen LogP contribution in [0.5, 0.6) is 0 Å². The van der Waals surface area contributed by atoms with Crippen molar-refractivity contribution in [2.24, 2.45) is 0 Å². The van der Waals surface area contributed by atoms with Crippen LogP contribution in [0.3, 0.4) is 0 Å². The number of benzene rings is 8. The standard InChI is InChI=1S/C48H28N2S2/c1-5-15-40-32(10-1)38-26-29(20-24-42(38)49(40)31-22-23-36-34-12-3-7-18-45(34)51-47(36)28-31)30-21-25-43-39(27-30)33-11-2-6-16-41(33)50(43)44-17-9-14-37-35-13-4-8-19-46(35)52-48(37)44/h1-28H. The van der Waals surface area contributed by atoms with Gasteiger partial charge in [0, 0.05) is 62.9 Å². The minimum absolute atomic E-state index is 1.20. The molecule has 52 heavy (non-hydrogen) atoms. The predicted octanol–water partition coefficient (Wildman–Crippen LogP) is 14.3. The van der Waals surface area contributed by atoms with Gasteiger partial charge < -0.3 is 9.13 Å². The Balaban J connectivity index is 1.04. The molecule has 0 atom stereocenters. The fourth-order valence-electron chi connectivity index (χ4n) is 8.60. The van der Waals surface area contributed by atoms with Gasteiger partial charge in [-0.25, -0.2) is 0 Å². The van der Waals surface area contributed by atoms with Crippen LogP contribution in [-0.2, 0) is 0 Å². The molecule has 0 bridgehead atoms. The van der Waals surface area contributed by atoms with Gasteiger partial charge in [-0.2, -0.15) is 0 Å². The van der Waals surface area contributed by atoms with E-state index in [9.17, 15) is 0 Å². The molecule has 4 aromatic heterocycles. The number of aromatic nitrogens is 2. The van der Waals surface area contributed by atoms with E-state index < -0.39 is 0 Å². The van der Waals surface area contributed by atoms with Crippen LogP contribution in [0.1, 0.15) is 0 Å². The molecule has 0 amide bonds. The van der Waals surface area contributed by atoms with E-state index in [1.165, 1.54) is 106 Å². The molecule has 0 fully saturated rings. The highest BCUT2D eigenvalue weighted by atomic mass is 32.1. The summed E-state index contributed by atoms with van der Waals surface area (Å²) in [6, 6.07) is 62.9. The van der Waals surface area contributed by atoms with Gasteiger partial charge in [0.2, 0.25) is 0 Å². The molecule has 0 aliphatic heterocycles. The maximum Gasteiger partial charge on any atom is 0.0640 e. The van der Waals surface area contributed by atoms with E-state index in [0.717, 1.165) is 0 Å². The lowest BCUT2D eigenvalue weighted by Crippen LogP contribution is -1.94. The van der Waals surface area contributed by atoms with Crippen LogP contribution in [0.2, 0.25) is 0 Å². The first-order valence-electron chi connectivity index (χ1n) is 17.7. The highest BCUT2D eigenvalue weighted by Gasteiger charge is 2.18. The van der Waals surface area contributed by atoms with Crippen molar-refractivity contribution in [3.05, 3.63) is 170 Å². The van der Waals surface area contributed by atoms with E-state index >= 15 is 0 Å². The highest BCUT2D eigenvalue weighted by molar-refractivity contribution is 7.26. The van der Waals surface area contributed by atoms with E-state index in [-0.39, 0.29) is 0 Å². The van der Waals surface area contributed by atoms with Crippen LogP contribution < -0.4 is 0 Å². The van der Waals surface area contributed by atoms with Crippen LogP contribution in [-0.4, -0.2) is 9.13 Å². The van der Waals surface area contributed by atoms with Crippen molar-refractivity contribution in [2.75, 3.05) is 0 Å². The normalized spacial score (nSPS) is 12.2. The number of para-hydroxylation sites is 2. The molecule has 0 unspecified atom stereocenters. The van der Waals surface area contributed by atoms with Crippen LogP contribution in [0, 0.1) is 0 Å². The lowest BCUT2D eigenvalue weighted by atomic mass is 10.0. The topological polar surface area (TPSA) is 9.86 Å². The summed E-state index contributed by atoms with van der Waals surface area (Å²) >= 11 is 3.76. The van der Waals surface area contributed by atoms with Crippen molar-refractivity contribution in [3.63, 3.8) is 0 Å². The van der Waals surface area contributed by atoms with Gasteiger partial charge in [0.15, 0.2) is 0 Å². The molecule has 4 heteroatoms. The molecule has 0 spiro atoms. The van der Waals surface area contributed by atoms with Crippen LogP contribution in [0.4, 0.5) is 0 Å². The Morgan fingerprint density at radius 1 is 0.308 bits per heavy atom. The van der Waals surface area contributed by atoms with E-state index in [0.29, 0.717) is 0 Å². The zero-order valence-electron chi connectivity index (χ0n) is 27.9. The first-order valence-corrected chi connectivity index (χ1v) is 19.3. The van der Waals surface area contributed by atoms with Gasteiger partial charge in [0.1, 0.15) is 0 Å². The van der Waals surface area contributed by atoms with Crippen molar-refractivity contribution < 1.29 is 0 Å². The SMILES string of the molecule is c1ccc2c(c1)sc1cc(-n3c4ccccc4c4cc(-c5ccc6c(c5)c5ccccc5n6-c5cccc6c5sc5ccccc56)ccc43)ccc12. The molecule has 0 saturated carbocycles. The first-order chi connectivity index (χ1) is 25.8. The summed E-state index contributed by atoms with van der Waals surface area (Å²) < 4.78 is 10.2. The fourth-order valence-corrected chi connectivity index (χ4v) is 11.0. The fraction of sp³-hybridized carbons (Fsp3) is 0. The van der Waals surface area contributed by atoms with Gasteiger partial charge in [0.25, 0.3) is 0 Å².